The molecule has 0 unspecified atom stereocenters. The quantitative estimate of drug-likeness (QED) is 0.872. The van der Waals surface area contributed by atoms with Gasteiger partial charge in [-0.05, 0) is 67.8 Å². The average Bonchev–Trinajstić information content (AvgIpc) is 2.52. The Morgan fingerprint density at radius 1 is 1.04 bits per heavy atom. The minimum atomic E-state index is -0.515. The Labute approximate surface area is 136 Å². The van der Waals surface area contributed by atoms with Crippen LogP contribution in [0.4, 0.5) is 0 Å². The molecule has 2 aromatic rings. The number of esters is 1. The highest BCUT2D eigenvalue weighted by Gasteiger charge is 2.17. The summed E-state index contributed by atoms with van der Waals surface area (Å²) in [6.45, 7) is 5.46. The van der Waals surface area contributed by atoms with E-state index in [2.05, 4.69) is 0 Å². The van der Waals surface area contributed by atoms with Crippen molar-refractivity contribution in [1.29, 1.82) is 0 Å². The highest BCUT2D eigenvalue weighted by atomic mass is 16.6. The van der Waals surface area contributed by atoms with Crippen molar-refractivity contribution in [1.82, 2.24) is 0 Å². The number of rotatable bonds is 4. The van der Waals surface area contributed by atoms with Crippen LogP contribution in [0, 0.1) is 0 Å². The summed E-state index contributed by atoms with van der Waals surface area (Å²) in [5.41, 5.74) is 2.62. The minimum absolute atomic E-state index is 0.0554. The molecule has 2 rings (SSSR count). The normalized spacial score (nSPS) is 11.2. The van der Waals surface area contributed by atoms with Gasteiger partial charge < -0.3 is 14.6 Å². The highest BCUT2D eigenvalue weighted by molar-refractivity contribution is 5.90. The van der Waals surface area contributed by atoms with Crippen LogP contribution in [0.3, 0.4) is 0 Å². The largest absolute Gasteiger partial charge is 0.497 e. The van der Waals surface area contributed by atoms with E-state index in [9.17, 15) is 9.90 Å². The van der Waals surface area contributed by atoms with Gasteiger partial charge in [-0.25, -0.2) is 4.79 Å². The fraction of sp³-hybridized carbons (Fsp3) is 0.316. The van der Waals surface area contributed by atoms with E-state index in [4.69, 9.17) is 9.47 Å². The first-order valence-electron chi connectivity index (χ1n) is 7.45. The van der Waals surface area contributed by atoms with Gasteiger partial charge in [-0.3, -0.25) is 0 Å². The topological polar surface area (TPSA) is 55.8 Å². The van der Waals surface area contributed by atoms with Crippen LogP contribution in [-0.4, -0.2) is 23.8 Å². The van der Waals surface area contributed by atoms with Crippen molar-refractivity contribution in [2.75, 3.05) is 7.11 Å². The number of ether oxygens (including phenoxy) is 2. The third-order valence-electron chi connectivity index (χ3n) is 3.24. The van der Waals surface area contributed by atoms with Gasteiger partial charge >= 0.3 is 5.97 Å². The van der Waals surface area contributed by atoms with E-state index in [1.54, 1.807) is 25.3 Å². The predicted molar refractivity (Wildman–Crippen MR) is 89.5 cm³/mol. The number of carbonyl (C=O) groups excluding carboxylic acids is 1. The third kappa shape index (κ3) is 4.57. The van der Waals surface area contributed by atoms with Crippen LogP contribution in [0.15, 0.2) is 42.5 Å². The van der Waals surface area contributed by atoms with E-state index in [-0.39, 0.29) is 12.6 Å². The molecule has 0 aliphatic heterocycles. The molecule has 0 aromatic heterocycles. The number of benzene rings is 2. The molecule has 0 radical (unpaired) electrons. The molecule has 0 spiro atoms. The second-order valence-corrected chi connectivity index (χ2v) is 6.31. The molecule has 0 amide bonds. The molecule has 2 aromatic carbocycles. The minimum Gasteiger partial charge on any atom is -0.497 e. The second-order valence-electron chi connectivity index (χ2n) is 6.31. The van der Waals surface area contributed by atoms with Crippen LogP contribution in [-0.2, 0) is 11.3 Å². The maximum absolute atomic E-state index is 12.0. The predicted octanol–water partition coefficient (Wildman–Crippen LogP) is 3.81. The van der Waals surface area contributed by atoms with Crippen molar-refractivity contribution >= 4 is 5.97 Å². The van der Waals surface area contributed by atoms with E-state index in [0.717, 1.165) is 16.7 Å². The smallest absolute Gasteiger partial charge is 0.338 e. The molecule has 4 heteroatoms. The molecule has 0 aliphatic rings. The summed E-state index contributed by atoms with van der Waals surface area (Å²) in [5.74, 6) is 0.341. The average molecular weight is 314 g/mol. The van der Waals surface area contributed by atoms with Crippen LogP contribution in [0.1, 0.15) is 36.7 Å². The monoisotopic (exact) mass is 314 g/mol. The van der Waals surface area contributed by atoms with Crippen molar-refractivity contribution in [3.05, 3.63) is 53.6 Å². The zero-order valence-electron chi connectivity index (χ0n) is 13.9. The maximum atomic E-state index is 12.0. The van der Waals surface area contributed by atoms with Crippen LogP contribution >= 0.6 is 0 Å². The number of hydrogen-bond donors (Lipinski definition) is 1. The van der Waals surface area contributed by atoms with Gasteiger partial charge in [0.05, 0.1) is 19.3 Å². The highest BCUT2D eigenvalue weighted by Crippen LogP contribution is 2.27. The van der Waals surface area contributed by atoms with Crippen molar-refractivity contribution < 1.29 is 19.4 Å². The standard InChI is InChI=1S/C19H22O4/c1-19(2,3)23-18(21)15-7-5-14(6-8-15)16-9-13(12-20)10-17(11-16)22-4/h5-11,20H,12H2,1-4H3. The lowest BCUT2D eigenvalue weighted by Gasteiger charge is -2.19. The fourth-order valence-electron chi connectivity index (χ4n) is 2.17. The van der Waals surface area contributed by atoms with Crippen molar-refractivity contribution in [3.8, 4) is 16.9 Å². The second kappa shape index (κ2) is 6.84. The molecule has 0 aliphatic carbocycles. The van der Waals surface area contributed by atoms with Crippen molar-refractivity contribution in [3.63, 3.8) is 0 Å². The van der Waals surface area contributed by atoms with Crippen LogP contribution in [0.5, 0.6) is 5.75 Å². The van der Waals surface area contributed by atoms with E-state index >= 15 is 0 Å². The zero-order valence-corrected chi connectivity index (χ0v) is 13.9. The van der Waals surface area contributed by atoms with Crippen LogP contribution < -0.4 is 4.74 Å². The van der Waals surface area contributed by atoms with Gasteiger partial charge in [-0.2, -0.15) is 0 Å². The number of aliphatic hydroxyl groups is 1. The molecule has 0 fully saturated rings. The molecule has 4 nitrogen and oxygen atoms in total. The molecule has 122 valence electrons. The lowest BCUT2D eigenvalue weighted by molar-refractivity contribution is 0.00695. The van der Waals surface area contributed by atoms with E-state index in [1.807, 2.05) is 45.0 Å². The molecular weight excluding hydrogens is 292 g/mol. The first-order valence-corrected chi connectivity index (χ1v) is 7.45. The Morgan fingerprint density at radius 3 is 2.22 bits per heavy atom. The van der Waals surface area contributed by atoms with Crippen LogP contribution in [0.25, 0.3) is 11.1 Å². The third-order valence-corrected chi connectivity index (χ3v) is 3.24. The van der Waals surface area contributed by atoms with E-state index in [1.165, 1.54) is 0 Å². The Bertz CT molecular complexity index is 659. The van der Waals surface area contributed by atoms with Gasteiger partial charge in [-0.15, -0.1) is 0 Å². The Balaban J connectivity index is 2.27. The zero-order chi connectivity index (χ0) is 17.0. The Hall–Kier alpha value is -2.33. The number of carbonyl (C=O) groups is 1. The van der Waals surface area contributed by atoms with Gasteiger partial charge in [0.15, 0.2) is 0 Å². The number of hydrogen-bond acceptors (Lipinski definition) is 4. The SMILES string of the molecule is COc1cc(CO)cc(-c2ccc(C(=O)OC(C)(C)C)cc2)c1. The molecular formula is C19H22O4. The summed E-state index contributed by atoms with van der Waals surface area (Å²) in [5, 5.41) is 9.34. The van der Waals surface area contributed by atoms with Crippen LogP contribution in [0.2, 0.25) is 0 Å². The number of aliphatic hydroxyl groups excluding tert-OH is 1. The summed E-state index contributed by atoms with van der Waals surface area (Å²) in [6, 6.07) is 12.8. The summed E-state index contributed by atoms with van der Waals surface area (Å²) in [4.78, 5) is 12.0. The summed E-state index contributed by atoms with van der Waals surface area (Å²) in [7, 11) is 1.59. The lowest BCUT2D eigenvalue weighted by Crippen LogP contribution is -2.23. The van der Waals surface area contributed by atoms with Gasteiger partial charge in [0.2, 0.25) is 0 Å². The molecule has 0 saturated heterocycles. The van der Waals surface area contributed by atoms with Gasteiger partial charge in [0.25, 0.3) is 0 Å². The molecule has 0 saturated carbocycles. The molecule has 0 bridgehead atoms. The van der Waals surface area contributed by atoms with Gasteiger partial charge in [0.1, 0.15) is 11.4 Å². The molecule has 23 heavy (non-hydrogen) atoms. The summed E-state index contributed by atoms with van der Waals surface area (Å²) in [6.07, 6.45) is 0. The van der Waals surface area contributed by atoms with E-state index < -0.39 is 5.60 Å². The van der Waals surface area contributed by atoms with Gasteiger partial charge in [-0.1, -0.05) is 12.1 Å². The summed E-state index contributed by atoms with van der Waals surface area (Å²) < 4.78 is 10.6. The first-order chi connectivity index (χ1) is 10.8. The Kier molecular flexibility index (Phi) is 5.06. The van der Waals surface area contributed by atoms with Gasteiger partial charge in [0, 0.05) is 0 Å². The first kappa shape index (κ1) is 17.0. The number of methoxy groups -OCH3 is 1. The summed E-state index contributed by atoms with van der Waals surface area (Å²) >= 11 is 0. The van der Waals surface area contributed by atoms with E-state index in [0.29, 0.717) is 11.3 Å². The van der Waals surface area contributed by atoms with Crippen molar-refractivity contribution in [2.45, 2.75) is 33.0 Å². The molecule has 1 N–H and O–H groups in total. The lowest BCUT2D eigenvalue weighted by atomic mass is 10.0. The molecule has 0 heterocycles. The molecule has 0 atom stereocenters. The maximum Gasteiger partial charge on any atom is 0.338 e. The van der Waals surface area contributed by atoms with Crippen molar-refractivity contribution in [2.24, 2.45) is 0 Å². The fourth-order valence-corrected chi connectivity index (χ4v) is 2.17. The Morgan fingerprint density at radius 2 is 1.70 bits per heavy atom.